The molecule has 0 bridgehead atoms. The van der Waals surface area contributed by atoms with Crippen LogP contribution in [0.1, 0.15) is 50.5 Å². The summed E-state index contributed by atoms with van der Waals surface area (Å²) in [4.78, 5) is 24.3. The molecule has 0 aliphatic carbocycles. The van der Waals surface area contributed by atoms with E-state index in [2.05, 4.69) is 28.5 Å². The average molecular weight is 375 g/mol. The number of aryl methyl sites for hydroxylation is 1. The number of carbonyl (C=O) groups is 2. The molecular formula is C22H21N3O3. The number of carbonyl (C=O) groups excluding carboxylic acids is 2. The van der Waals surface area contributed by atoms with Crippen LogP contribution in [0.2, 0.25) is 0 Å². The van der Waals surface area contributed by atoms with Gasteiger partial charge in [-0.05, 0) is 47.7 Å². The monoisotopic (exact) mass is 375 g/mol. The Balaban J connectivity index is 1.68. The van der Waals surface area contributed by atoms with Crippen molar-refractivity contribution in [2.45, 2.75) is 25.8 Å². The summed E-state index contributed by atoms with van der Waals surface area (Å²) in [6.07, 6.45) is 3.34. The van der Waals surface area contributed by atoms with E-state index in [1.165, 1.54) is 12.7 Å². The number of hydrogen-bond donors (Lipinski definition) is 2. The predicted molar refractivity (Wildman–Crippen MR) is 105 cm³/mol. The molecule has 1 aliphatic heterocycles. The van der Waals surface area contributed by atoms with E-state index in [0.29, 0.717) is 12.0 Å². The van der Waals surface area contributed by atoms with Gasteiger partial charge in [0.1, 0.15) is 0 Å². The molecule has 0 radical (unpaired) electrons. The number of methoxy groups -OCH3 is 1. The molecule has 28 heavy (non-hydrogen) atoms. The molecule has 2 aromatic carbocycles. The number of hydrogen-bond acceptors (Lipinski definition) is 4. The van der Waals surface area contributed by atoms with Gasteiger partial charge in [0.15, 0.2) is 0 Å². The fourth-order valence-corrected chi connectivity index (χ4v) is 3.78. The van der Waals surface area contributed by atoms with Crippen LogP contribution in [-0.2, 0) is 17.6 Å². The maximum absolute atomic E-state index is 12.7. The lowest BCUT2D eigenvalue weighted by Crippen LogP contribution is -2.36. The summed E-state index contributed by atoms with van der Waals surface area (Å²) in [6, 6.07) is 12.9. The van der Waals surface area contributed by atoms with Crippen molar-refractivity contribution in [3.05, 3.63) is 76.6 Å². The molecule has 2 heterocycles. The van der Waals surface area contributed by atoms with Crippen molar-refractivity contribution in [2.24, 2.45) is 0 Å². The number of nitrogens with one attached hydrogen (secondary N) is 2. The first-order chi connectivity index (χ1) is 13.6. The van der Waals surface area contributed by atoms with Gasteiger partial charge in [0, 0.05) is 11.1 Å². The molecule has 2 N–H and O–H groups in total. The second-order valence-electron chi connectivity index (χ2n) is 6.79. The summed E-state index contributed by atoms with van der Waals surface area (Å²) in [6.45, 7) is 2.10. The van der Waals surface area contributed by atoms with Crippen LogP contribution in [0.15, 0.2) is 48.7 Å². The quantitative estimate of drug-likeness (QED) is 0.684. The third kappa shape index (κ3) is 3.07. The normalized spacial score (nSPS) is 15.6. The Morgan fingerprint density at radius 2 is 1.96 bits per heavy atom. The summed E-state index contributed by atoms with van der Waals surface area (Å²) in [5.74, 6) is -0.439. The number of ether oxygens (including phenoxy) is 1. The molecule has 0 fully saturated rings. The van der Waals surface area contributed by atoms with Crippen LogP contribution < -0.4 is 5.32 Å². The molecule has 0 saturated heterocycles. The minimum absolute atomic E-state index is 0.0665. The molecule has 1 aromatic heterocycles. The number of esters is 1. The van der Waals surface area contributed by atoms with Crippen LogP contribution in [0, 0.1) is 0 Å². The van der Waals surface area contributed by atoms with E-state index in [1.54, 1.807) is 18.3 Å². The number of fused-ring (bicyclic) bond motifs is 1. The summed E-state index contributed by atoms with van der Waals surface area (Å²) in [7, 11) is 1.36. The maximum atomic E-state index is 12.7. The van der Waals surface area contributed by atoms with Gasteiger partial charge in [-0.25, -0.2) is 4.79 Å². The van der Waals surface area contributed by atoms with E-state index in [9.17, 15) is 9.59 Å². The maximum Gasteiger partial charge on any atom is 0.337 e. The molecule has 1 aliphatic rings. The van der Waals surface area contributed by atoms with Crippen LogP contribution in [-0.4, -0.2) is 29.2 Å². The summed E-state index contributed by atoms with van der Waals surface area (Å²) in [5, 5.41) is 10.3. The number of benzene rings is 2. The molecule has 4 rings (SSSR count). The third-order valence-corrected chi connectivity index (χ3v) is 5.25. The number of nitrogens with zero attached hydrogens (tertiary/aromatic N) is 1. The molecule has 6 heteroatoms. The fourth-order valence-electron chi connectivity index (χ4n) is 3.78. The Labute approximate surface area is 162 Å². The van der Waals surface area contributed by atoms with Crippen LogP contribution in [0.5, 0.6) is 0 Å². The first kappa shape index (κ1) is 18.0. The largest absolute Gasteiger partial charge is 0.465 e. The molecule has 1 unspecified atom stereocenters. The van der Waals surface area contributed by atoms with Crippen LogP contribution >= 0.6 is 0 Å². The summed E-state index contributed by atoms with van der Waals surface area (Å²) < 4.78 is 4.75. The minimum Gasteiger partial charge on any atom is -0.465 e. The van der Waals surface area contributed by atoms with Crippen molar-refractivity contribution in [1.29, 1.82) is 0 Å². The Hall–Kier alpha value is -3.41. The molecule has 142 valence electrons. The smallest absolute Gasteiger partial charge is 0.337 e. The van der Waals surface area contributed by atoms with Crippen molar-refractivity contribution in [2.75, 3.05) is 7.11 Å². The number of H-pyrrole nitrogens is 1. The number of amides is 1. The molecule has 1 atom stereocenters. The van der Waals surface area contributed by atoms with Gasteiger partial charge in [-0.1, -0.05) is 31.2 Å². The SMILES string of the molecule is CCc1cccc2c1CC(c1[nH]ncc1-c1ccc(C(=O)OC)cc1)NC2=O. The highest BCUT2D eigenvalue weighted by molar-refractivity contribution is 5.97. The second-order valence-corrected chi connectivity index (χ2v) is 6.79. The lowest BCUT2D eigenvalue weighted by atomic mass is 9.87. The van der Waals surface area contributed by atoms with E-state index >= 15 is 0 Å². The van der Waals surface area contributed by atoms with Gasteiger partial charge in [0.05, 0.1) is 30.6 Å². The van der Waals surface area contributed by atoms with E-state index in [0.717, 1.165) is 34.4 Å². The van der Waals surface area contributed by atoms with Gasteiger partial charge in [-0.3, -0.25) is 9.89 Å². The molecule has 3 aromatic rings. The first-order valence-corrected chi connectivity index (χ1v) is 9.26. The minimum atomic E-state index is -0.373. The lowest BCUT2D eigenvalue weighted by molar-refractivity contribution is 0.0600. The lowest BCUT2D eigenvalue weighted by Gasteiger charge is -2.27. The Bertz CT molecular complexity index is 1040. The molecule has 0 saturated carbocycles. The topological polar surface area (TPSA) is 84.1 Å². The first-order valence-electron chi connectivity index (χ1n) is 9.26. The Morgan fingerprint density at radius 3 is 2.68 bits per heavy atom. The van der Waals surface area contributed by atoms with Gasteiger partial charge in [-0.15, -0.1) is 0 Å². The van der Waals surface area contributed by atoms with Gasteiger partial charge in [0.25, 0.3) is 5.91 Å². The highest BCUT2D eigenvalue weighted by Gasteiger charge is 2.29. The molecule has 1 amide bonds. The van der Waals surface area contributed by atoms with E-state index in [-0.39, 0.29) is 17.9 Å². The van der Waals surface area contributed by atoms with Crippen molar-refractivity contribution in [3.8, 4) is 11.1 Å². The zero-order chi connectivity index (χ0) is 19.7. The molecule has 6 nitrogen and oxygen atoms in total. The van der Waals surface area contributed by atoms with E-state index < -0.39 is 0 Å². The van der Waals surface area contributed by atoms with E-state index in [4.69, 9.17) is 4.74 Å². The Morgan fingerprint density at radius 1 is 1.18 bits per heavy atom. The van der Waals surface area contributed by atoms with E-state index in [1.807, 2.05) is 24.3 Å². The average Bonchev–Trinajstić information content (AvgIpc) is 3.22. The van der Waals surface area contributed by atoms with Crippen molar-refractivity contribution < 1.29 is 14.3 Å². The highest BCUT2D eigenvalue weighted by atomic mass is 16.5. The van der Waals surface area contributed by atoms with Gasteiger partial charge >= 0.3 is 5.97 Å². The Kier molecular flexibility index (Phi) is 4.69. The predicted octanol–water partition coefficient (Wildman–Crippen LogP) is 3.45. The molecular weight excluding hydrogens is 354 g/mol. The third-order valence-electron chi connectivity index (χ3n) is 5.25. The fraction of sp³-hybridized carbons (Fsp3) is 0.227. The van der Waals surface area contributed by atoms with Gasteiger partial charge in [0.2, 0.25) is 0 Å². The summed E-state index contributed by atoms with van der Waals surface area (Å²) >= 11 is 0. The highest BCUT2D eigenvalue weighted by Crippen LogP contribution is 2.33. The van der Waals surface area contributed by atoms with Gasteiger partial charge < -0.3 is 10.1 Å². The van der Waals surface area contributed by atoms with Crippen molar-refractivity contribution in [1.82, 2.24) is 15.5 Å². The number of aromatic amines is 1. The zero-order valence-electron chi connectivity index (χ0n) is 15.8. The number of aromatic nitrogens is 2. The van der Waals surface area contributed by atoms with Gasteiger partial charge in [-0.2, -0.15) is 5.10 Å². The van der Waals surface area contributed by atoms with Crippen LogP contribution in [0.25, 0.3) is 11.1 Å². The van der Waals surface area contributed by atoms with Crippen molar-refractivity contribution in [3.63, 3.8) is 0 Å². The van der Waals surface area contributed by atoms with Crippen LogP contribution in [0.4, 0.5) is 0 Å². The standard InChI is InChI=1S/C22H21N3O3/c1-3-13-5-4-6-16-17(13)11-19(24-21(16)26)20-18(12-23-25-20)14-7-9-15(10-8-14)22(27)28-2/h4-10,12,19H,3,11H2,1-2H3,(H,23,25)(H,24,26). The second kappa shape index (κ2) is 7.31. The molecule has 0 spiro atoms. The zero-order valence-corrected chi connectivity index (χ0v) is 15.8. The van der Waals surface area contributed by atoms with Crippen LogP contribution in [0.3, 0.4) is 0 Å². The van der Waals surface area contributed by atoms with Crippen molar-refractivity contribution >= 4 is 11.9 Å². The summed E-state index contributed by atoms with van der Waals surface area (Å²) in [5.41, 5.74) is 6.21. The number of rotatable bonds is 4.